The molecule has 0 aromatic heterocycles. The molecule has 1 aromatic carbocycles. The van der Waals surface area contributed by atoms with E-state index in [2.05, 4.69) is 0 Å². The second kappa shape index (κ2) is 5.22. The quantitative estimate of drug-likeness (QED) is 0.800. The minimum Gasteiger partial charge on any atom is -0.490 e. The van der Waals surface area contributed by atoms with Crippen LogP contribution in [0, 0.1) is 5.82 Å². The topological polar surface area (TPSA) is 81.8 Å². The number of hydrogen-bond donors (Lipinski definition) is 2. The van der Waals surface area contributed by atoms with Gasteiger partial charge in [0, 0.05) is 6.61 Å². The zero-order chi connectivity index (χ0) is 13.1. The highest BCUT2D eigenvalue weighted by molar-refractivity contribution is 5.96. The maximum atomic E-state index is 13.2. The molecule has 0 spiro atoms. The average molecular weight is 255 g/mol. The molecule has 5 nitrogen and oxygen atoms in total. The Morgan fingerprint density at radius 1 is 1.61 bits per heavy atom. The second-order valence-corrected chi connectivity index (χ2v) is 4.09. The van der Waals surface area contributed by atoms with Gasteiger partial charge in [0.2, 0.25) is 0 Å². The van der Waals surface area contributed by atoms with Gasteiger partial charge < -0.3 is 20.3 Å². The number of carbonyl (C=O) groups is 1. The van der Waals surface area contributed by atoms with E-state index in [1.165, 1.54) is 6.07 Å². The van der Waals surface area contributed by atoms with Gasteiger partial charge in [-0.3, -0.25) is 0 Å². The number of halogens is 1. The summed E-state index contributed by atoms with van der Waals surface area (Å²) in [5.41, 5.74) is 4.65. The highest BCUT2D eigenvalue weighted by Crippen LogP contribution is 2.27. The highest BCUT2D eigenvalue weighted by atomic mass is 19.1. The molecule has 18 heavy (non-hydrogen) atoms. The molecule has 0 aliphatic carbocycles. The van der Waals surface area contributed by atoms with Crippen LogP contribution in [-0.4, -0.2) is 30.4 Å². The van der Waals surface area contributed by atoms with E-state index in [1.807, 2.05) is 0 Å². The number of rotatable bonds is 4. The molecule has 0 radical (unpaired) electrons. The largest absolute Gasteiger partial charge is 0.490 e. The fourth-order valence-corrected chi connectivity index (χ4v) is 1.87. The number of nitrogens with two attached hydrogens (primary N) is 1. The Morgan fingerprint density at radius 2 is 2.39 bits per heavy atom. The summed E-state index contributed by atoms with van der Waals surface area (Å²) in [6.45, 7) is 0.927. The van der Waals surface area contributed by atoms with Gasteiger partial charge in [0.25, 0.3) is 0 Å². The van der Waals surface area contributed by atoms with Crippen LogP contribution in [0.3, 0.4) is 0 Å². The Hall–Kier alpha value is -1.82. The van der Waals surface area contributed by atoms with Crippen LogP contribution in [0.1, 0.15) is 23.2 Å². The summed E-state index contributed by atoms with van der Waals surface area (Å²) in [5.74, 6) is -2.01. The van der Waals surface area contributed by atoms with Crippen molar-refractivity contribution in [2.24, 2.45) is 0 Å². The van der Waals surface area contributed by atoms with E-state index in [0.717, 1.165) is 18.9 Å². The summed E-state index contributed by atoms with van der Waals surface area (Å²) in [6, 6.07) is 2.36. The van der Waals surface area contributed by atoms with Crippen molar-refractivity contribution < 1.29 is 23.8 Å². The lowest BCUT2D eigenvalue weighted by Gasteiger charge is -2.14. The van der Waals surface area contributed by atoms with Crippen molar-refractivity contribution in [3.8, 4) is 5.75 Å². The van der Waals surface area contributed by atoms with Gasteiger partial charge in [-0.25, -0.2) is 9.18 Å². The molecular weight excluding hydrogens is 241 g/mol. The summed E-state index contributed by atoms with van der Waals surface area (Å²) in [5, 5.41) is 9.00. The monoisotopic (exact) mass is 255 g/mol. The van der Waals surface area contributed by atoms with E-state index in [-0.39, 0.29) is 24.0 Å². The van der Waals surface area contributed by atoms with Gasteiger partial charge in [-0.1, -0.05) is 0 Å². The molecule has 3 N–H and O–H groups in total. The number of hydrogen-bond acceptors (Lipinski definition) is 4. The van der Waals surface area contributed by atoms with E-state index in [1.54, 1.807) is 0 Å². The highest BCUT2D eigenvalue weighted by Gasteiger charge is 2.21. The molecule has 2 rings (SSSR count). The lowest BCUT2D eigenvalue weighted by atomic mass is 10.1. The van der Waals surface area contributed by atoms with Crippen LogP contribution in [0.5, 0.6) is 5.75 Å². The number of carboxylic acid groups (broad SMARTS) is 1. The molecule has 1 saturated heterocycles. The Bertz CT molecular complexity index is 458. The molecule has 6 heteroatoms. The van der Waals surface area contributed by atoms with Gasteiger partial charge in [-0.15, -0.1) is 0 Å². The molecule has 0 saturated carbocycles. The van der Waals surface area contributed by atoms with Gasteiger partial charge in [0.05, 0.1) is 11.8 Å². The number of benzene rings is 1. The van der Waals surface area contributed by atoms with Crippen LogP contribution in [0.2, 0.25) is 0 Å². The zero-order valence-corrected chi connectivity index (χ0v) is 9.69. The Kier molecular flexibility index (Phi) is 3.66. The number of nitrogen functional groups attached to an aromatic ring is 1. The third-order valence-electron chi connectivity index (χ3n) is 2.82. The van der Waals surface area contributed by atoms with Gasteiger partial charge >= 0.3 is 5.97 Å². The molecule has 1 heterocycles. The van der Waals surface area contributed by atoms with Crippen molar-refractivity contribution in [1.29, 1.82) is 0 Å². The second-order valence-electron chi connectivity index (χ2n) is 4.09. The fourth-order valence-electron chi connectivity index (χ4n) is 1.87. The Morgan fingerprint density at radius 3 is 3.00 bits per heavy atom. The van der Waals surface area contributed by atoms with E-state index in [0.29, 0.717) is 6.61 Å². The molecule has 0 amide bonds. The zero-order valence-electron chi connectivity index (χ0n) is 9.69. The van der Waals surface area contributed by atoms with E-state index >= 15 is 0 Å². The third-order valence-corrected chi connectivity index (χ3v) is 2.82. The minimum absolute atomic E-state index is 0.0436. The molecular formula is C12H14FNO4. The SMILES string of the molecule is Nc1c(F)ccc(OCC2CCCO2)c1C(=O)O. The average Bonchev–Trinajstić information content (AvgIpc) is 2.83. The lowest BCUT2D eigenvalue weighted by molar-refractivity contribution is 0.0630. The maximum Gasteiger partial charge on any atom is 0.341 e. The number of carboxylic acids is 1. The summed E-state index contributed by atoms with van der Waals surface area (Å²) in [4.78, 5) is 11.0. The number of anilines is 1. The van der Waals surface area contributed by atoms with E-state index in [4.69, 9.17) is 20.3 Å². The standard InChI is InChI=1S/C12H14FNO4/c13-8-3-4-9(10(11(8)14)12(15)16)18-6-7-2-1-5-17-7/h3-4,7H,1-2,5-6,14H2,(H,15,16). The first-order valence-electron chi connectivity index (χ1n) is 5.65. The number of ether oxygens (including phenoxy) is 2. The van der Waals surface area contributed by atoms with Crippen molar-refractivity contribution in [3.05, 3.63) is 23.5 Å². The van der Waals surface area contributed by atoms with Crippen LogP contribution < -0.4 is 10.5 Å². The maximum absolute atomic E-state index is 13.2. The van der Waals surface area contributed by atoms with Crippen LogP contribution in [0.4, 0.5) is 10.1 Å². The first-order chi connectivity index (χ1) is 8.59. The third kappa shape index (κ3) is 2.53. The van der Waals surface area contributed by atoms with Crippen LogP contribution >= 0.6 is 0 Å². The summed E-state index contributed by atoms with van der Waals surface area (Å²) in [6.07, 6.45) is 1.79. The van der Waals surface area contributed by atoms with Gasteiger partial charge in [-0.05, 0) is 25.0 Å². The van der Waals surface area contributed by atoms with Crippen molar-refractivity contribution in [1.82, 2.24) is 0 Å². The van der Waals surface area contributed by atoms with Gasteiger partial charge in [0.15, 0.2) is 0 Å². The lowest BCUT2D eigenvalue weighted by Crippen LogP contribution is -2.18. The summed E-state index contributed by atoms with van der Waals surface area (Å²) < 4.78 is 23.9. The van der Waals surface area contributed by atoms with E-state index in [9.17, 15) is 9.18 Å². The van der Waals surface area contributed by atoms with Crippen LogP contribution in [0.15, 0.2) is 12.1 Å². The van der Waals surface area contributed by atoms with Crippen molar-refractivity contribution >= 4 is 11.7 Å². The first-order valence-corrected chi connectivity index (χ1v) is 5.65. The normalized spacial score (nSPS) is 18.8. The Labute approximate surface area is 103 Å². The molecule has 1 fully saturated rings. The van der Waals surface area contributed by atoms with Crippen molar-refractivity contribution in [2.45, 2.75) is 18.9 Å². The predicted molar refractivity (Wildman–Crippen MR) is 62.2 cm³/mol. The molecule has 0 bridgehead atoms. The Balaban J connectivity index is 2.16. The van der Waals surface area contributed by atoms with Crippen LogP contribution in [0.25, 0.3) is 0 Å². The predicted octanol–water partition coefficient (Wildman–Crippen LogP) is 1.66. The number of aromatic carboxylic acids is 1. The molecule has 1 aromatic rings. The molecule has 1 aliphatic rings. The van der Waals surface area contributed by atoms with E-state index < -0.39 is 17.5 Å². The van der Waals surface area contributed by atoms with Gasteiger partial charge in [-0.2, -0.15) is 0 Å². The fraction of sp³-hybridized carbons (Fsp3) is 0.417. The molecule has 1 aliphatic heterocycles. The van der Waals surface area contributed by atoms with Crippen molar-refractivity contribution in [2.75, 3.05) is 18.9 Å². The van der Waals surface area contributed by atoms with Crippen LogP contribution in [-0.2, 0) is 4.74 Å². The summed E-state index contributed by atoms with van der Waals surface area (Å²) in [7, 11) is 0. The smallest absolute Gasteiger partial charge is 0.341 e. The summed E-state index contributed by atoms with van der Waals surface area (Å²) >= 11 is 0. The molecule has 1 atom stereocenters. The molecule has 98 valence electrons. The minimum atomic E-state index is -1.31. The van der Waals surface area contributed by atoms with Crippen molar-refractivity contribution in [3.63, 3.8) is 0 Å². The van der Waals surface area contributed by atoms with Gasteiger partial charge in [0.1, 0.15) is 23.7 Å². The molecule has 1 unspecified atom stereocenters. The first kappa shape index (κ1) is 12.6.